The van der Waals surface area contributed by atoms with Crippen molar-refractivity contribution in [3.05, 3.63) is 28.2 Å². The molecule has 0 fully saturated rings. The Labute approximate surface area is 122 Å². The van der Waals surface area contributed by atoms with Gasteiger partial charge in [0.05, 0.1) is 5.56 Å². The summed E-state index contributed by atoms with van der Waals surface area (Å²) in [7, 11) is 1.79. The molecule has 0 saturated carbocycles. The molecule has 0 amide bonds. The van der Waals surface area contributed by atoms with E-state index in [0.717, 1.165) is 36.6 Å². The van der Waals surface area contributed by atoms with Gasteiger partial charge in [-0.15, -0.1) is 10.2 Å². The van der Waals surface area contributed by atoms with E-state index in [-0.39, 0.29) is 5.56 Å². The van der Waals surface area contributed by atoms with Crippen molar-refractivity contribution in [2.45, 2.75) is 39.7 Å². The van der Waals surface area contributed by atoms with E-state index in [9.17, 15) is 4.79 Å². The van der Waals surface area contributed by atoms with Crippen LogP contribution in [0, 0.1) is 6.92 Å². The lowest BCUT2D eigenvalue weighted by molar-refractivity contribution is 0.577. The second-order valence-electron chi connectivity index (χ2n) is 4.71. The Morgan fingerprint density at radius 1 is 1.30 bits per heavy atom. The number of nitrogens with zero attached hydrogens (tertiary/aromatic N) is 3. The number of pyridine rings is 1. The van der Waals surface area contributed by atoms with Gasteiger partial charge in [0.25, 0.3) is 5.56 Å². The maximum atomic E-state index is 12.6. The predicted molar refractivity (Wildman–Crippen MR) is 83.4 cm³/mol. The van der Waals surface area contributed by atoms with Crippen molar-refractivity contribution in [1.29, 1.82) is 0 Å². The highest BCUT2D eigenvalue weighted by Crippen LogP contribution is 2.23. The van der Waals surface area contributed by atoms with Gasteiger partial charge >= 0.3 is 0 Å². The monoisotopic (exact) mass is 292 g/mol. The summed E-state index contributed by atoms with van der Waals surface area (Å²) in [5, 5.41) is 12.4. The van der Waals surface area contributed by atoms with Gasteiger partial charge in [-0.25, -0.2) is 0 Å². The molecule has 2 aromatic heterocycles. The Bertz CT molecular complexity index is 632. The molecule has 0 aliphatic rings. The molecule has 0 spiro atoms. The minimum Gasteiger partial charge on any atom is -0.363 e. The fourth-order valence-corrected chi connectivity index (χ4v) is 2.78. The molecular weight excluding hydrogens is 272 g/mol. The molecule has 0 atom stereocenters. The van der Waals surface area contributed by atoms with Crippen molar-refractivity contribution in [3.63, 3.8) is 0 Å². The third-order valence-electron chi connectivity index (χ3n) is 3.25. The SMILES string of the molecule is CCCCCn1c(C)ccc(-c2nnc(NC)s2)c1=O. The Morgan fingerprint density at radius 2 is 2.10 bits per heavy atom. The number of hydrogen-bond donors (Lipinski definition) is 1. The molecule has 1 N–H and O–H groups in total. The van der Waals surface area contributed by atoms with Gasteiger partial charge in [-0.05, 0) is 25.5 Å². The largest absolute Gasteiger partial charge is 0.363 e. The van der Waals surface area contributed by atoms with Crippen LogP contribution >= 0.6 is 11.3 Å². The molecular formula is C14H20N4OS. The topological polar surface area (TPSA) is 59.8 Å². The first-order valence-electron chi connectivity index (χ1n) is 6.89. The number of nitrogens with one attached hydrogen (secondary N) is 1. The molecule has 0 radical (unpaired) electrons. The number of rotatable bonds is 6. The lowest BCUT2D eigenvalue weighted by atomic mass is 10.2. The van der Waals surface area contributed by atoms with Crippen LogP contribution in [0.25, 0.3) is 10.6 Å². The second kappa shape index (κ2) is 6.65. The van der Waals surface area contributed by atoms with Crippen molar-refractivity contribution in [1.82, 2.24) is 14.8 Å². The molecule has 0 aliphatic heterocycles. The minimum atomic E-state index is 0.0277. The number of aromatic nitrogens is 3. The summed E-state index contributed by atoms with van der Waals surface area (Å²) >= 11 is 1.40. The highest BCUT2D eigenvalue weighted by Gasteiger charge is 2.12. The summed E-state index contributed by atoms with van der Waals surface area (Å²) < 4.78 is 1.84. The van der Waals surface area contributed by atoms with Crippen molar-refractivity contribution in [3.8, 4) is 10.6 Å². The van der Waals surface area contributed by atoms with E-state index in [4.69, 9.17) is 0 Å². The fraction of sp³-hybridized carbons (Fsp3) is 0.500. The molecule has 6 heteroatoms. The zero-order valence-electron chi connectivity index (χ0n) is 12.1. The first-order valence-corrected chi connectivity index (χ1v) is 7.71. The normalized spacial score (nSPS) is 10.8. The standard InChI is InChI=1S/C14H20N4OS/c1-4-5-6-9-18-10(2)7-8-11(13(18)19)12-16-17-14(15-3)20-12/h7-8H,4-6,9H2,1-3H3,(H,15,17). The minimum absolute atomic E-state index is 0.0277. The molecule has 2 rings (SSSR count). The van der Waals surface area contributed by atoms with Crippen LogP contribution in [-0.4, -0.2) is 21.8 Å². The summed E-state index contributed by atoms with van der Waals surface area (Å²) in [6, 6.07) is 3.82. The van der Waals surface area contributed by atoms with E-state index in [1.54, 1.807) is 7.05 Å². The Balaban J connectivity index is 2.35. The van der Waals surface area contributed by atoms with Crippen LogP contribution in [0.5, 0.6) is 0 Å². The highest BCUT2D eigenvalue weighted by molar-refractivity contribution is 7.18. The summed E-state index contributed by atoms with van der Waals surface area (Å²) in [6.07, 6.45) is 3.31. The van der Waals surface area contributed by atoms with E-state index in [0.29, 0.717) is 10.6 Å². The molecule has 0 bridgehead atoms. The van der Waals surface area contributed by atoms with Crippen LogP contribution < -0.4 is 10.9 Å². The third kappa shape index (κ3) is 3.07. The number of anilines is 1. The quantitative estimate of drug-likeness (QED) is 0.832. The highest BCUT2D eigenvalue weighted by atomic mass is 32.1. The lowest BCUT2D eigenvalue weighted by Crippen LogP contribution is -2.23. The zero-order chi connectivity index (χ0) is 14.5. The molecule has 2 aromatic rings. The van der Waals surface area contributed by atoms with Crippen LogP contribution in [0.3, 0.4) is 0 Å². The van der Waals surface area contributed by atoms with Crippen molar-refractivity contribution >= 4 is 16.5 Å². The van der Waals surface area contributed by atoms with E-state index in [1.165, 1.54) is 11.3 Å². The maximum absolute atomic E-state index is 12.6. The average Bonchev–Trinajstić information content (AvgIpc) is 2.91. The van der Waals surface area contributed by atoms with Crippen LogP contribution in [-0.2, 0) is 6.54 Å². The van der Waals surface area contributed by atoms with Gasteiger partial charge in [0, 0.05) is 19.3 Å². The van der Waals surface area contributed by atoms with Gasteiger partial charge < -0.3 is 9.88 Å². The van der Waals surface area contributed by atoms with Gasteiger partial charge in [0.2, 0.25) is 5.13 Å². The molecule has 5 nitrogen and oxygen atoms in total. The fourth-order valence-electron chi connectivity index (χ4n) is 2.06. The maximum Gasteiger partial charge on any atom is 0.261 e. The Kier molecular flexibility index (Phi) is 4.89. The van der Waals surface area contributed by atoms with Gasteiger partial charge in [-0.2, -0.15) is 0 Å². The Morgan fingerprint density at radius 3 is 2.75 bits per heavy atom. The lowest BCUT2D eigenvalue weighted by Gasteiger charge is -2.10. The number of hydrogen-bond acceptors (Lipinski definition) is 5. The summed E-state index contributed by atoms with van der Waals surface area (Å²) in [4.78, 5) is 12.6. The smallest absolute Gasteiger partial charge is 0.261 e. The van der Waals surface area contributed by atoms with Crippen LogP contribution in [0.2, 0.25) is 0 Å². The van der Waals surface area contributed by atoms with Crippen molar-refractivity contribution in [2.24, 2.45) is 0 Å². The summed E-state index contributed by atoms with van der Waals surface area (Å²) in [5.41, 5.74) is 1.65. The third-order valence-corrected chi connectivity index (χ3v) is 4.22. The van der Waals surface area contributed by atoms with Gasteiger partial charge in [0.15, 0.2) is 5.01 Å². The second-order valence-corrected chi connectivity index (χ2v) is 5.69. The predicted octanol–water partition coefficient (Wildman–Crippen LogP) is 2.91. The van der Waals surface area contributed by atoms with Gasteiger partial charge in [-0.1, -0.05) is 31.1 Å². The van der Waals surface area contributed by atoms with Crippen molar-refractivity contribution in [2.75, 3.05) is 12.4 Å². The van der Waals surface area contributed by atoms with Crippen LogP contribution in [0.4, 0.5) is 5.13 Å². The molecule has 0 aliphatic carbocycles. The first-order chi connectivity index (χ1) is 9.67. The van der Waals surface area contributed by atoms with E-state index in [2.05, 4.69) is 22.4 Å². The van der Waals surface area contributed by atoms with Gasteiger partial charge in [-0.3, -0.25) is 4.79 Å². The molecule has 108 valence electrons. The number of unbranched alkanes of at least 4 members (excludes halogenated alkanes) is 2. The van der Waals surface area contributed by atoms with E-state index in [1.807, 2.05) is 23.6 Å². The van der Waals surface area contributed by atoms with Crippen molar-refractivity contribution < 1.29 is 0 Å². The molecule has 20 heavy (non-hydrogen) atoms. The summed E-state index contributed by atoms with van der Waals surface area (Å²) in [6.45, 7) is 4.90. The van der Waals surface area contributed by atoms with Crippen LogP contribution in [0.1, 0.15) is 31.9 Å². The average molecular weight is 292 g/mol. The molecule has 0 unspecified atom stereocenters. The molecule has 0 saturated heterocycles. The molecule has 2 heterocycles. The van der Waals surface area contributed by atoms with Gasteiger partial charge in [0.1, 0.15) is 0 Å². The Hall–Kier alpha value is -1.69. The zero-order valence-corrected chi connectivity index (χ0v) is 13.0. The molecule has 0 aromatic carbocycles. The van der Waals surface area contributed by atoms with E-state index < -0.39 is 0 Å². The first kappa shape index (κ1) is 14.7. The summed E-state index contributed by atoms with van der Waals surface area (Å²) in [5.74, 6) is 0. The van der Waals surface area contributed by atoms with E-state index >= 15 is 0 Å². The van der Waals surface area contributed by atoms with Crippen LogP contribution in [0.15, 0.2) is 16.9 Å². The number of aryl methyl sites for hydroxylation is 1.